The van der Waals surface area contributed by atoms with Crippen LogP contribution in [0.3, 0.4) is 0 Å². The topological polar surface area (TPSA) is 91.0 Å². The highest BCUT2D eigenvalue weighted by Crippen LogP contribution is 2.30. The van der Waals surface area contributed by atoms with E-state index in [0.29, 0.717) is 23.5 Å². The summed E-state index contributed by atoms with van der Waals surface area (Å²) in [5, 5.41) is 5.40. The molecule has 2 aliphatic rings. The molecule has 0 spiro atoms. The van der Waals surface area contributed by atoms with Crippen molar-refractivity contribution in [2.24, 2.45) is 0 Å². The third kappa shape index (κ3) is 4.02. The van der Waals surface area contributed by atoms with Crippen molar-refractivity contribution in [3.63, 3.8) is 0 Å². The van der Waals surface area contributed by atoms with E-state index >= 15 is 0 Å². The number of anilines is 2. The predicted octanol–water partition coefficient (Wildman–Crippen LogP) is 0.779. The average molecular weight is 376 g/mol. The van der Waals surface area contributed by atoms with E-state index in [1.807, 2.05) is 0 Å². The first-order chi connectivity index (χ1) is 12.9. The molecular weight excluding hydrogens is 355 g/mol. The number of hydrogen-bond acceptors (Lipinski definition) is 6. The van der Waals surface area contributed by atoms with Gasteiger partial charge in [0.2, 0.25) is 5.91 Å². The number of hydrogen-bond donors (Lipinski definition) is 2. The molecule has 2 N–H and O–H groups in total. The zero-order valence-corrected chi connectivity index (χ0v) is 15.1. The smallest absolute Gasteiger partial charge is 0.414 e. The van der Waals surface area contributed by atoms with Crippen molar-refractivity contribution in [3.05, 3.63) is 35.8 Å². The first-order valence-corrected chi connectivity index (χ1v) is 8.55. The highest BCUT2D eigenvalue weighted by Gasteiger charge is 2.33. The van der Waals surface area contributed by atoms with E-state index in [0.717, 1.165) is 0 Å². The van der Waals surface area contributed by atoms with E-state index in [2.05, 4.69) is 10.6 Å². The predicted molar refractivity (Wildman–Crippen MR) is 97.1 cm³/mol. The van der Waals surface area contributed by atoms with Crippen LogP contribution in [-0.4, -0.2) is 57.1 Å². The molecule has 8 nitrogen and oxygen atoms in total. The Balaban J connectivity index is 1.72. The first kappa shape index (κ1) is 18.7. The van der Waals surface area contributed by atoms with Crippen LogP contribution < -0.4 is 20.4 Å². The Bertz CT molecular complexity index is 811. The van der Waals surface area contributed by atoms with Crippen LogP contribution in [0.25, 0.3) is 0 Å². The molecule has 2 heterocycles. The molecule has 27 heavy (non-hydrogen) atoms. The molecule has 0 radical (unpaired) electrons. The Morgan fingerprint density at radius 3 is 2.81 bits per heavy atom. The Morgan fingerprint density at radius 2 is 2.15 bits per heavy atom. The lowest BCUT2D eigenvalue weighted by Gasteiger charge is -2.19. The monoisotopic (exact) mass is 376 g/mol. The Kier molecular flexibility index (Phi) is 5.29. The minimum atomic E-state index is -0.590. The highest BCUT2D eigenvalue weighted by molar-refractivity contribution is 6.02. The van der Waals surface area contributed by atoms with E-state index in [1.165, 1.54) is 17.9 Å². The van der Waals surface area contributed by atoms with Crippen LogP contribution in [0.4, 0.5) is 20.6 Å². The Morgan fingerprint density at radius 1 is 1.37 bits per heavy atom. The van der Waals surface area contributed by atoms with Gasteiger partial charge in [0.1, 0.15) is 11.9 Å². The van der Waals surface area contributed by atoms with Crippen molar-refractivity contribution in [3.8, 4) is 0 Å². The van der Waals surface area contributed by atoms with Gasteiger partial charge >= 0.3 is 6.09 Å². The van der Waals surface area contributed by atoms with E-state index in [9.17, 15) is 18.8 Å². The number of nitrogens with one attached hydrogen (secondary N) is 2. The Hall–Kier alpha value is -3.10. The summed E-state index contributed by atoms with van der Waals surface area (Å²) in [5.41, 5.74) is 1.25. The number of benzene rings is 1. The molecule has 0 aliphatic carbocycles. The van der Waals surface area contributed by atoms with Crippen molar-refractivity contribution in [1.82, 2.24) is 10.6 Å². The maximum absolute atomic E-state index is 14.6. The van der Waals surface area contributed by atoms with Crippen molar-refractivity contribution in [2.75, 3.05) is 43.0 Å². The van der Waals surface area contributed by atoms with Crippen molar-refractivity contribution in [1.29, 1.82) is 0 Å². The van der Waals surface area contributed by atoms with Gasteiger partial charge in [-0.3, -0.25) is 14.5 Å². The van der Waals surface area contributed by atoms with Gasteiger partial charge in [-0.05, 0) is 18.2 Å². The normalized spacial score (nSPS) is 21.0. The van der Waals surface area contributed by atoms with Crippen molar-refractivity contribution >= 4 is 29.2 Å². The lowest BCUT2D eigenvalue weighted by Crippen LogP contribution is -2.33. The summed E-state index contributed by atoms with van der Waals surface area (Å²) in [4.78, 5) is 37.9. The van der Waals surface area contributed by atoms with Gasteiger partial charge in [-0.2, -0.15) is 0 Å². The van der Waals surface area contributed by atoms with E-state index in [1.54, 1.807) is 30.3 Å². The summed E-state index contributed by atoms with van der Waals surface area (Å²) in [6, 6.07) is 4.42. The molecule has 2 aliphatic heterocycles. The van der Waals surface area contributed by atoms with Crippen LogP contribution in [0.1, 0.15) is 6.92 Å². The third-order valence-electron chi connectivity index (χ3n) is 4.41. The molecule has 1 aromatic rings. The number of nitrogens with zero attached hydrogens (tertiary/aromatic N) is 2. The number of rotatable bonds is 5. The molecule has 0 bridgehead atoms. The second-order valence-electron chi connectivity index (χ2n) is 6.43. The average Bonchev–Trinajstić information content (AvgIpc) is 3.16. The molecule has 0 aromatic heterocycles. The standard InChI is InChI=1S/C18H21FN4O4/c1-11(24)21-7-14-9-23(18(26)27-14)13-3-4-16(15(19)5-13)22-8-12(6-20-2)17(25)10-22/h3-6,14,20H,7-10H2,1-2H3,(H,21,24)/b12-6+/t14-/m0/s1. The number of ketones is 1. The number of carbonyl (C=O) groups excluding carboxylic acids is 3. The van der Waals surface area contributed by atoms with E-state index < -0.39 is 18.0 Å². The molecule has 0 unspecified atom stereocenters. The molecule has 144 valence electrons. The summed E-state index contributed by atoms with van der Waals surface area (Å²) < 4.78 is 19.8. The van der Waals surface area contributed by atoms with Gasteiger partial charge in [-0.1, -0.05) is 0 Å². The number of carbonyl (C=O) groups is 3. The van der Waals surface area contributed by atoms with Crippen LogP contribution in [0, 0.1) is 5.82 Å². The third-order valence-corrected chi connectivity index (χ3v) is 4.41. The van der Waals surface area contributed by atoms with Gasteiger partial charge in [0.05, 0.1) is 31.0 Å². The summed E-state index contributed by atoms with van der Waals surface area (Å²) >= 11 is 0. The molecule has 2 amide bonds. The van der Waals surface area contributed by atoms with Crippen LogP contribution in [0.15, 0.2) is 30.0 Å². The minimum absolute atomic E-state index is 0.0586. The molecule has 1 aromatic carbocycles. The second-order valence-corrected chi connectivity index (χ2v) is 6.43. The molecule has 1 atom stereocenters. The zero-order valence-electron chi connectivity index (χ0n) is 15.1. The van der Waals surface area contributed by atoms with Crippen LogP contribution in [0.5, 0.6) is 0 Å². The highest BCUT2D eigenvalue weighted by atomic mass is 19.1. The molecular formula is C18H21FN4O4. The van der Waals surface area contributed by atoms with Gasteiger partial charge < -0.3 is 20.3 Å². The van der Waals surface area contributed by atoms with Crippen LogP contribution in [-0.2, 0) is 14.3 Å². The quantitative estimate of drug-likeness (QED) is 0.738. The molecule has 3 rings (SSSR count). The van der Waals surface area contributed by atoms with E-state index in [4.69, 9.17) is 4.74 Å². The van der Waals surface area contributed by atoms with Crippen LogP contribution in [0.2, 0.25) is 0 Å². The summed E-state index contributed by atoms with van der Waals surface area (Å²) in [6.07, 6.45) is 0.534. The molecule has 2 saturated heterocycles. The summed E-state index contributed by atoms with van der Waals surface area (Å²) in [6.45, 7) is 2.22. The number of halogens is 1. The summed E-state index contributed by atoms with van der Waals surface area (Å²) in [5.74, 6) is -0.798. The minimum Gasteiger partial charge on any atom is -0.442 e. The number of ether oxygens (including phenoxy) is 1. The fraction of sp³-hybridized carbons (Fsp3) is 0.389. The lowest BCUT2D eigenvalue weighted by atomic mass is 10.2. The lowest BCUT2D eigenvalue weighted by molar-refractivity contribution is -0.119. The maximum Gasteiger partial charge on any atom is 0.414 e. The number of Topliss-reactive ketones (excluding diaryl/α,β-unsaturated/α-hetero) is 1. The van der Waals surface area contributed by atoms with Crippen molar-refractivity contribution in [2.45, 2.75) is 13.0 Å². The zero-order chi connectivity index (χ0) is 19.6. The van der Waals surface area contributed by atoms with Gasteiger partial charge in [-0.25, -0.2) is 9.18 Å². The fourth-order valence-corrected chi connectivity index (χ4v) is 3.11. The van der Waals surface area contributed by atoms with Gasteiger partial charge in [0.15, 0.2) is 5.78 Å². The largest absolute Gasteiger partial charge is 0.442 e. The molecule has 9 heteroatoms. The molecule has 2 fully saturated rings. The Labute approximate surface area is 155 Å². The first-order valence-electron chi connectivity index (χ1n) is 8.55. The SMILES string of the molecule is CN/C=C1\CN(c2ccc(N3C[C@H](CNC(C)=O)OC3=O)cc2F)CC1=O. The van der Waals surface area contributed by atoms with Gasteiger partial charge in [0.25, 0.3) is 0 Å². The number of cyclic esters (lactones) is 1. The van der Waals surface area contributed by atoms with Gasteiger partial charge in [0, 0.05) is 32.3 Å². The van der Waals surface area contributed by atoms with Gasteiger partial charge in [-0.15, -0.1) is 0 Å². The van der Waals surface area contributed by atoms with Crippen LogP contribution >= 0.6 is 0 Å². The van der Waals surface area contributed by atoms with E-state index in [-0.39, 0.29) is 31.3 Å². The number of amides is 2. The van der Waals surface area contributed by atoms with Crippen molar-refractivity contribution < 1.29 is 23.5 Å². The molecule has 0 saturated carbocycles. The maximum atomic E-state index is 14.6. The second kappa shape index (κ2) is 7.65. The fourth-order valence-electron chi connectivity index (χ4n) is 3.11. The summed E-state index contributed by atoms with van der Waals surface area (Å²) in [7, 11) is 1.70.